The summed E-state index contributed by atoms with van der Waals surface area (Å²) in [5.41, 5.74) is 5.43. The van der Waals surface area contributed by atoms with Crippen LogP contribution < -0.4 is 9.64 Å². The van der Waals surface area contributed by atoms with Crippen molar-refractivity contribution in [3.63, 3.8) is 0 Å². The Kier molecular flexibility index (Phi) is 6.18. The lowest BCUT2D eigenvalue weighted by molar-refractivity contribution is -0.0590. The minimum atomic E-state index is -0.802. The molecule has 2 unspecified atom stereocenters. The van der Waals surface area contributed by atoms with Crippen molar-refractivity contribution >= 4 is 27.8 Å². The van der Waals surface area contributed by atoms with Gasteiger partial charge in [-0.15, -0.1) is 0 Å². The van der Waals surface area contributed by atoms with Gasteiger partial charge in [0.25, 0.3) is 5.88 Å². The molecule has 222 valence electrons. The van der Waals surface area contributed by atoms with Crippen LogP contribution >= 0.6 is 0 Å². The zero-order valence-corrected chi connectivity index (χ0v) is 24.4. The van der Waals surface area contributed by atoms with Gasteiger partial charge in [0, 0.05) is 44.1 Å². The van der Waals surface area contributed by atoms with Gasteiger partial charge in [0.2, 0.25) is 0 Å². The molecule has 2 aromatic carbocycles. The van der Waals surface area contributed by atoms with Gasteiger partial charge in [0.1, 0.15) is 12.4 Å². The Hall–Kier alpha value is -4.05. The van der Waals surface area contributed by atoms with Gasteiger partial charge in [0.05, 0.1) is 35.4 Å². The van der Waals surface area contributed by atoms with Crippen LogP contribution in [0.3, 0.4) is 0 Å². The molecule has 0 radical (unpaired) electrons. The zero-order chi connectivity index (χ0) is 29.3. The van der Waals surface area contributed by atoms with E-state index in [1.165, 1.54) is 11.1 Å². The number of aryl methyl sites for hydroxylation is 2. The van der Waals surface area contributed by atoms with Crippen LogP contribution in [-0.2, 0) is 24.9 Å². The van der Waals surface area contributed by atoms with Crippen molar-refractivity contribution in [3.05, 3.63) is 77.2 Å². The van der Waals surface area contributed by atoms with Gasteiger partial charge < -0.3 is 18.9 Å². The van der Waals surface area contributed by atoms with Crippen molar-refractivity contribution in [3.8, 4) is 5.88 Å². The second-order valence-electron chi connectivity index (χ2n) is 12.5. The van der Waals surface area contributed by atoms with E-state index in [0.717, 1.165) is 72.7 Å². The van der Waals surface area contributed by atoms with Crippen LogP contribution in [0.2, 0.25) is 0 Å². The van der Waals surface area contributed by atoms with E-state index in [2.05, 4.69) is 39.8 Å². The smallest absolute Gasteiger partial charge is 0.252 e. The minimum Gasteiger partial charge on any atom is -0.471 e. The summed E-state index contributed by atoms with van der Waals surface area (Å²) < 4.78 is 45.5. The first-order chi connectivity index (χ1) is 20.9. The molecular formula is C33H34F2N6O2. The summed E-state index contributed by atoms with van der Waals surface area (Å²) in [6.45, 7) is 5.19. The molecular weight excluding hydrogens is 550 g/mol. The highest BCUT2D eigenvalue weighted by molar-refractivity contribution is 5.79. The number of hydrogen-bond acceptors (Lipinski definition) is 6. The largest absolute Gasteiger partial charge is 0.471 e. The Bertz CT molecular complexity index is 1850. The molecule has 43 heavy (non-hydrogen) atoms. The maximum atomic E-state index is 15.0. The Morgan fingerprint density at radius 1 is 1.02 bits per heavy atom. The molecule has 8 nitrogen and oxygen atoms in total. The molecule has 5 heterocycles. The first-order valence-electron chi connectivity index (χ1n) is 15.1. The maximum Gasteiger partial charge on any atom is 0.252 e. The first-order valence-corrected chi connectivity index (χ1v) is 15.1. The van der Waals surface area contributed by atoms with Crippen LogP contribution in [-0.4, -0.2) is 50.1 Å². The van der Waals surface area contributed by atoms with Crippen LogP contribution in [0.5, 0.6) is 5.88 Å². The lowest BCUT2D eigenvalue weighted by atomic mass is 9.90. The topological polar surface area (TPSA) is 70.2 Å². The number of benzene rings is 2. The number of aromatic nitrogens is 5. The number of halogens is 2. The molecule has 2 saturated heterocycles. The molecule has 0 amide bonds. The fraction of sp³-hybridized carbons (Fsp3) is 0.424. The van der Waals surface area contributed by atoms with Crippen molar-refractivity contribution in [2.75, 3.05) is 24.6 Å². The number of piperidine rings is 1. The van der Waals surface area contributed by atoms with Gasteiger partial charge in [-0.25, -0.2) is 13.8 Å². The third-order valence-corrected chi connectivity index (χ3v) is 9.74. The van der Waals surface area contributed by atoms with E-state index < -0.39 is 11.6 Å². The molecule has 1 saturated carbocycles. The molecule has 10 heteroatoms. The van der Waals surface area contributed by atoms with Crippen molar-refractivity contribution in [2.45, 2.75) is 57.8 Å². The van der Waals surface area contributed by atoms with E-state index in [1.54, 1.807) is 10.9 Å². The van der Waals surface area contributed by atoms with Crippen LogP contribution in [0.4, 0.5) is 14.6 Å². The quantitative estimate of drug-likeness (QED) is 0.232. The predicted octanol–water partition coefficient (Wildman–Crippen LogP) is 6.05. The maximum absolute atomic E-state index is 15.0. The van der Waals surface area contributed by atoms with Crippen molar-refractivity contribution < 1.29 is 18.3 Å². The Morgan fingerprint density at radius 2 is 1.86 bits per heavy atom. The normalized spacial score (nSPS) is 21.1. The van der Waals surface area contributed by atoms with Crippen molar-refractivity contribution in [1.82, 2.24) is 24.3 Å². The Balaban J connectivity index is 0.979. The second-order valence-corrected chi connectivity index (χ2v) is 12.5. The van der Waals surface area contributed by atoms with Gasteiger partial charge in [0.15, 0.2) is 17.5 Å². The highest BCUT2D eigenvalue weighted by atomic mass is 19.1. The monoisotopic (exact) mass is 584 g/mol. The molecule has 2 aliphatic heterocycles. The molecule has 2 atom stereocenters. The predicted molar refractivity (Wildman–Crippen MR) is 159 cm³/mol. The zero-order valence-electron chi connectivity index (χ0n) is 24.4. The SMILES string of the molecule is Cc1ccc2nc(C3CC34CCN(c3nc(OCc5ccc6c(cnn6C)c5)c(F)cc3F)CC4)n(CC3CCO3)c2c1. The summed E-state index contributed by atoms with van der Waals surface area (Å²) in [5.74, 6) is 0.0115. The van der Waals surface area contributed by atoms with Gasteiger partial charge >= 0.3 is 0 Å². The lowest BCUT2D eigenvalue weighted by Gasteiger charge is -2.34. The fourth-order valence-electron chi connectivity index (χ4n) is 6.99. The number of fused-ring (bicyclic) bond motifs is 2. The molecule has 0 N–H and O–H groups in total. The summed E-state index contributed by atoms with van der Waals surface area (Å²) >= 11 is 0. The standard InChI is InChI=1S/C33H34F2N6O2/c1-20-3-5-27-29(13-20)41(18-23-7-12-42-23)30(37-27)24-16-33(24)8-10-40(11-9-33)31-25(34)15-26(35)32(38-31)43-19-21-4-6-28-22(14-21)17-36-39(28)2/h3-6,13-15,17,23-24H,7-12,16,18-19H2,1-2H3. The second kappa shape index (κ2) is 10.0. The van der Waals surface area contributed by atoms with Crippen molar-refractivity contribution in [1.29, 1.82) is 0 Å². The van der Waals surface area contributed by atoms with Gasteiger partial charge in [-0.3, -0.25) is 4.68 Å². The minimum absolute atomic E-state index is 0.122. The van der Waals surface area contributed by atoms with Gasteiger partial charge in [-0.05, 0) is 73.4 Å². The summed E-state index contributed by atoms with van der Waals surface area (Å²) in [4.78, 5) is 11.4. The molecule has 0 bridgehead atoms. The molecule has 3 aliphatic rings. The summed E-state index contributed by atoms with van der Waals surface area (Å²) in [6.07, 6.45) is 5.98. The van der Waals surface area contributed by atoms with Crippen LogP contribution in [0.25, 0.3) is 21.9 Å². The fourth-order valence-corrected chi connectivity index (χ4v) is 6.99. The number of nitrogens with zero attached hydrogens (tertiary/aromatic N) is 6. The number of anilines is 1. The number of ether oxygens (including phenoxy) is 2. The average Bonchev–Trinajstić information content (AvgIpc) is 3.35. The van der Waals surface area contributed by atoms with E-state index in [0.29, 0.717) is 19.0 Å². The van der Waals surface area contributed by atoms with E-state index in [4.69, 9.17) is 14.5 Å². The number of hydrogen-bond donors (Lipinski definition) is 0. The number of rotatable bonds is 7. The van der Waals surface area contributed by atoms with Crippen LogP contribution in [0, 0.1) is 24.0 Å². The average molecular weight is 585 g/mol. The van der Waals surface area contributed by atoms with E-state index in [-0.39, 0.29) is 29.8 Å². The molecule has 1 aliphatic carbocycles. The van der Waals surface area contributed by atoms with E-state index in [9.17, 15) is 4.39 Å². The molecule has 8 rings (SSSR count). The highest BCUT2D eigenvalue weighted by Crippen LogP contribution is 2.65. The number of pyridine rings is 1. The number of imidazole rings is 1. The third kappa shape index (κ3) is 4.63. The summed E-state index contributed by atoms with van der Waals surface area (Å²) in [7, 11) is 1.88. The Morgan fingerprint density at radius 3 is 2.65 bits per heavy atom. The van der Waals surface area contributed by atoms with Crippen LogP contribution in [0.1, 0.15) is 48.6 Å². The van der Waals surface area contributed by atoms with E-state index >= 15 is 4.39 Å². The van der Waals surface area contributed by atoms with Crippen LogP contribution in [0.15, 0.2) is 48.7 Å². The molecule has 5 aromatic rings. The van der Waals surface area contributed by atoms with E-state index in [1.807, 2.05) is 30.1 Å². The Labute approximate surface area is 248 Å². The van der Waals surface area contributed by atoms with Gasteiger partial charge in [-0.2, -0.15) is 10.1 Å². The highest BCUT2D eigenvalue weighted by Gasteiger charge is 2.57. The molecule has 3 aromatic heterocycles. The first kappa shape index (κ1) is 26.6. The molecule has 1 spiro atoms. The third-order valence-electron chi connectivity index (χ3n) is 9.74. The van der Waals surface area contributed by atoms with Crippen molar-refractivity contribution in [2.24, 2.45) is 12.5 Å². The van der Waals surface area contributed by atoms with Gasteiger partial charge in [-0.1, -0.05) is 12.1 Å². The summed E-state index contributed by atoms with van der Waals surface area (Å²) in [5, 5.41) is 5.23. The molecule has 3 fully saturated rings. The summed E-state index contributed by atoms with van der Waals surface area (Å²) in [6, 6.07) is 13.2. The lowest BCUT2D eigenvalue weighted by Crippen LogP contribution is -2.36.